The number of ether oxygens (including phenoxy) is 1. The maximum absolute atomic E-state index is 12.5. The molecule has 1 saturated heterocycles. The van der Waals surface area contributed by atoms with Gasteiger partial charge in [-0.15, -0.1) is 0 Å². The molecule has 2 aliphatic rings. The van der Waals surface area contributed by atoms with Crippen molar-refractivity contribution in [3.05, 3.63) is 29.8 Å². The largest absolute Gasteiger partial charge is 0.368 e. The number of rotatable bonds is 5. The second kappa shape index (κ2) is 8.18. The molecule has 3 unspecified atom stereocenters. The zero-order chi connectivity index (χ0) is 18.6. The molecule has 1 aromatic carbocycles. The first-order valence-electron chi connectivity index (χ1n) is 9.54. The van der Waals surface area contributed by atoms with Gasteiger partial charge in [-0.3, -0.25) is 9.59 Å². The molecule has 26 heavy (non-hydrogen) atoms. The normalized spacial score (nSPS) is 28.5. The van der Waals surface area contributed by atoms with Crippen LogP contribution in [-0.4, -0.2) is 30.1 Å². The molecule has 2 amide bonds. The summed E-state index contributed by atoms with van der Waals surface area (Å²) in [7, 11) is 0. The summed E-state index contributed by atoms with van der Waals surface area (Å²) < 4.78 is 5.40. The Bertz CT molecular complexity index is 653. The maximum atomic E-state index is 12.5. The van der Waals surface area contributed by atoms with E-state index >= 15 is 0 Å². The van der Waals surface area contributed by atoms with E-state index in [1.54, 1.807) is 0 Å². The first-order valence-corrected chi connectivity index (χ1v) is 9.54. The third-order valence-corrected chi connectivity index (χ3v) is 5.45. The number of benzene rings is 1. The standard InChI is InChI=1S/C20H29N3O3/c1-20(21)10-3-2-8-16(20)18(24)22-13-14-6-4-7-15(12-14)23-19(25)17-9-5-11-26-17/h4,6-7,12,16-17H,2-3,5,8-11,13,21H2,1H3,(H,22,24)(H,23,25). The van der Waals surface area contributed by atoms with Gasteiger partial charge in [-0.25, -0.2) is 0 Å². The van der Waals surface area contributed by atoms with Crippen LogP contribution in [0.15, 0.2) is 24.3 Å². The topological polar surface area (TPSA) is 93.5 Å². The highest BCUT2D eigenvalue weighted by Crippen LogP contribution is 2.31. The molecular weight excluding hydrogens is 330 g/mol. The molecule has 142 valence electrons. The smallest absolute Gasteiger partial charge is 0.253 e. The Labute approximate surface area is 154 Å². The number of carbonyl (C=O) groups excluding carboxylic acids is 2. The lowest BCUT2D eigenvalue weighted by atomic mass is 9.74. The zero-order valence-electron chi connectivity index (χ0n) is 15.4. The molecule has 1 aliphatic heterocycles. The van der Waals surface area contributed by atoms with Crippen molar-refractivity contribution in [2.75, 3.05) is 11.9 Å². The minimum atomic E-state index is -0.431. The molecule has 0 aromatic heterocycles. The number of nitrogens with two attached hydrogens (primary N) is 1. The van der Waals surface area contributed by atoms with Crippen LogP contribution in [0.25, 0.3) is 0 Å². The molecule has 3 rings (SSSR count). The third-order valence-electron chi connectivity index (χ3n) is 5.45. The van der Waals surface area contributed by atoms with Crippen LogP contribution in [0.1, 0.15) is 51.0 Å². The van der Waals surface area contributed by atoms with Gasteiger partial charge in [0.25, 0.3) is 5.91 Å². The molecule has 0 spiro atoms. The minimum Gasteiger partial charge on any atom is -0.368 e. The summed E-state index contributed by atoms with van der Waals surface area (Å²) in [4.78, 5) is 24.7. The second-order valence-electron chi connectivity index (χ2n) is 7.71. The molecule has 0 radical (unpaired) electrons. The number of anilines is 1. The van der Waals surface area contributed by atoms with Gasteiger partial charge in [-0.2, -0.15) is 0 Å². The SMILES string of the molecule is CC1(N)CCCCC1C(=O)NCc1cccc(NC(=O)C2CCCO2)c1. The van der Waals surface area contributed by atoms with E-state index in [0.717, 1.165) is 49.8 Å². The maximum Gasteiger partial charge on any atom is 0.253 e. The number of nitrogens with one attached hydrogen (secondary N) is 2. The fourth-order valence-electron chi connectivity index (χ4n) is 3.87. The van der Waals surface area contributed by atoms with Crippen LogP contribution in [0.3, 0.4) is 0 Å². The Balaban J connectivity index is 1.55. The second-order valence-corrected chi connectivity index (χ2v) is 7.71. The Kier molecular flexibility index (Phi) is 5.94. The van der Waals surface area contributed by atoms with Gasteiger partial charge in [-0.05, 0) is 50.3 Å². The molecule has 1 aromatic rings. The third kappa shape index (κ3) is 4.62. The van der Waals surface area contributed by atoms with Gasteiger partial charge in [0.15, 0.2) is 0 Å². The fraction of sp³-hybridized carbons (Fsp3) is 0.600. The van der Waals surface area contributed by atoms with Crippen LogP contribution in [0.5, 0.6) is 0 Å². The first kappa shape index (κ1) is 18.9. The van der Waals surface area contributed by atoms with E-state index in [0.29, 0.717) is 13.2 Å². The number of hydrogen-bond donors (Lipinski definition) is 3. The van der Waals surface area contributed by atoms with Crippen molar-refractivity contribution in [3.63, 3.8) is 0 Å². The van der Waals surface area contributed by atoms with E-state index in [1.165, 1.54) is 0 Å². The van der Waals surface area contributed by atoms with E-state index < -0.39 is 5.54 Å². The molecule has 1 saturated carbocycles. The summed E-state index contributed by atoms with van der Waals surface area (Å²) in [5.74, 6) is -0.230. The van der Waals surface area contributed by atoms with Gasteiger partial charge in [0.1, 0.15) is 6.10 Å². The van der Waals surface area contributed by atoms with E-state index in [4.69, 9.17) is 10.5 Å². The molecule has 1 aliphatic carbocycles. The summed E-state index contributed by atoms with van der Waals surface area (Å²) in [5.41, 5.74) is 7.54. The molecule has 0 bridgehead atoms. The van der Waals surface area contributed by atoms with Crippen molar-refractivity contribution in [1.29, 1.82) is 0 Å². The highest BCUT2D eigenvalue weighted by atomic mass is 16.5. The Morgan fingerprint density at radius 2 is 2.08 bits per heavy atom. The van der Waals surface area contributed by atoms with Crippen molar-refractivity contribution in [1.82, 2.24) is 5.32 Å². The van der Waals surface area contributed by atoms with Crippen LogP contribution in [0.4, 0.5) is 5.69 Å². The van der Waals surface area contributed by atoms with Crippen molar-refractivity contribution in [2.45, 2.75) is 63.6 Å². The summed E-state index contributed by atoms with van der Waals surface area (Å²) in [6.07, 6.45) is 5.20. The highest BCUT2D eigenvalue weighted by Gasteiger charge is 2.37. The van der Waals surface area contributed by atoms with E-state index in [9.17, 15) is 9.59 Å². The highest BCUT2D eigenvalue weighted by molar-refractivity contribution is 5.94. The van der Waals surface area contributed by atoms with Crippen LogP contribution >= 0.6 is 0 Å². The average Bonchev–Trinajstić information content (AvgIpc) is 3.14. The van der Waals surface area contributed by atoms with Gasteiger partial charge >= 0.3 is 0 Å². The molecule has 2 fully saturated rings. The molecule has 1 heterocycles. The fourth-order valence-corrected chi connectivity index (χ4v) is 3.87. The molecule has 3 atom stereocenters. The predicted octanol–water partition coefficient (Wildman–Crippen LogP) is 2.33. The molecule has 6 heteroatoms. The van der Waals surface area contributed by atoms with E-state index in [-0.39, 0.29) is 23.8 Å². The van der Waals surface area contributed by atoms with E-state index in [1.807, 2.05) is 31.2 Å². The lowest BCUT2D eigenvalue weighted by Gasteiger charge is -2.37. The summed E-state index contributed by atoms with van der Waals surface area (Å²) in [6, 6.07) is 7.54. The quantitative estimate of drug-likeness (QED) is 0.752. The lowest BCUT2D eigenvalue weighted by molar-refractivity contribution is -0.128. The first-order chi connectivity index (χ1) is 12.5. The van der Waals surface area contributed by atoms with Gasteiger partial charge in [0.2, 0.25) is 5.91 Å². The summed E-state index contributed by atoms with van der Waals surface area (Å²) >= 11 is 0. The number of hydrogen-bond acceptors (Lipinski definition) is 4. The van der Waals surface area contributed by atoms with Gasteiger partial charge in [0, 0.05) is 24.4 Å². The Morgan fingerprint density at radius 1 is 1.23 bits per heavy atom. The Morgan fingerprint density at radius 3 is 2.81 bits per heavy atom. The molecule has 4 N–H and O–H groups in total. The average molecular weight is 359 g/mol. The molecular formula is C20H29N3O3. The van der Waals surface area contributed by atoms with Crippen LogP contribution in [0.2, 0.25) is 0 Å². The van der Waals surface area contributed by atoms with Crippen LogP contribution in [-0.2, 0) is 20.9 Å². The Hall–Kier alpha value is -1.92. The van der Waals surface area contributed by atoms with Gasteiger partial charge < -0.3 is 21.1 Å². The summed E-state index contributed by atoms with van der Waals surface area (Å²) in [6.45, 7) is 3.04. The van der Waals surface area contributed by atoms with Crippen molar-refractivity contribution >= 4 is 17.5 Å². The van der Waals surface area contributed by atoms with Gasteiger partial charge in [-0.1, -0.05) is 25.0 Å². The number of carbonyl (C=O) groups is 2. The van der Waals surface area contributed by atoms with Gasteiger partial charge in [0.05, 0.1) is 5.92 Å². The van der Waals surface area contributed by atoms with Crippen molar-refractivity contribution in [2.24, 2.45) is 11.7 Å². The van der Waals surface area contributed by atoms with E-state index in [2.05, 4.69) is 10.6 Å². The van der Waals surface area contributed by atoms with Crippen LogP contribution in [0, 0.1) is 5.92 Å². The summed E-state index contributed by atoms with van der Waals surface area (Å²) in [5, 5.41) is 5.90. The zero-order valence-corrected chi connectivity index (χ0v) is 15.4. The minimum absolute atomic E-state index is 0.0171. The lowest BCUT2D eigenvalue weighted by Crippen LogP contribution is -2.52. The monoisotopic (exact) mass is 359 g/mol. The number of amides is 2. The van der Waals surface area contributed by atoms with Crippen molar-refractivity contribution < 1.29 is 14.3 Å². The molecule has 6 nitrogen and oxygen atoms in total. The van der Waals surface area contributed by atoms with Crippen LogP contribution < -0.4 is 16.4 Å². The van der Waals surface area contributed by atoms with Crippen molar-refractivity contribution in [3.8, 4) is 0 Å². The predicted molar refractivity (Wildman–Crippen MR) is 100 cm³/mol.